The molecular formula is C32H41NO3. The van der Waals surface area contributed by atoms with Crippen molar-refractivity contribution >= 4 is 0 Å². The Labute approximate surface area is 216 Å². The highest BCUT2D eigenvalue weighted by Crippen LogP contribution is 2.43. The van der Waals surface area contributed by atoms with Gasteiger partial charge in [0.2, 0.25) is 0 Å². The van der Waals surface area contributed by atoms with E-state index >= 15 is 0 Å². The summed E-state index contributed by atoms with van der Waals surface area (Å²) in [6, 6.07) is 27.9. The zero-order valence-corrected chi connectivity index (χ0v) is 21.9. The highest BCUT2D eigenvalue weighted by molar-refractivity contribution is 5.37. The van der Waals surface area contributed by atoms with Crippen LogP contribution in [0.4, 0.5) is 0 Å². The zero-order valence-electron chi connectivity index (χ0n) is 21.9. The zero-order chi connectivity index (χ0) is 25.8. The number of quaternary nitrogens is 1. The first kappa shape index (κ1) is 26.6. The molecule has 1 fully saturated rings. The van der Waals surface area contributed by atoms with Crippen LogP contribution in [0.15, 0.2) is 84.9 Å². The molecular weight excluding hydrogens is 446 g/mol. The molecule has 4 rings (SSSR count). The maximum absolute atomic E-state index is 13.5. The summed E-state index contributed by atoms with van der Waals surface area (Å²) in [5, 5.41) is 36.3. The average Bonchev–Trinajstić information content (AvgIpc) is 2.89. The number of hydrogen-bond acceptors (Lipinski definition) is 3. The predicted octanol–water partition coefficient (Wildman–Crippen LogP) is 6.46. The Morgan fingerprint density at radius 3 is 1.78 bits per heavy atom. The second-order valence-corrected chi connectivity index (χ2v) is 11.5. The van der Waals surface area contributed by atoms with Crippen LogP contribution in [0.1, 0.15) is 74.8 Å². The first-order valence-electron chi connectivity index (χ1n) is 13.3. The molecule has 192 valence electrons. The molecule has 1 aliphatic heterocycles. The molecule has 3 aromatic carbocycles. The Balaban J connectivity index is 1.36. The van der Waals surface area contributed by atoms with Crippen molar-refractivity contribution in [2.24, 2.45) is 5.92 Å². The van der Waals surface area contributed by atoms with Gasteiger partial charge < -0.3 is 20.1 Å². The Kier molecular flexibility index (Phi) is 8.01. The van der Waals surface area contributed by atoms with Crippen LogP contribution >= 0.6 is 0 Å². The van der Waals surface area contributed by atoms with E-state index in [1.54, 1.807) is 0 Å². The van der Waals surface area contributed by atoms with Gasteiger partial charge in [-0.05, 0) is 40.5 Å². The van der Waals surface area contributed by atoms with Crippen molar-refractivity contribution in [2.45, 2.75) is 63.6 Å². The quantitative estimate of drug-likeness (QED) is 0.283. The average molecular weight is 488 g/mol. The van der Waals surface area contributed by atoms with Gasteiger partial charge in [0, 0.05) is 18.8 Å². The molecule has 0 unspecified atom stereocenters. The van der Waals surface area contributed by atoms with Gasteiger partial charge >= 0.3 is 0 Å². The predicted molar refractivity (Wildman–Crippen MR) is 146 cm³/mol. The third-order valence-electron chi connectivity index (χ3n) is 7.99. The number of piperidine rings is 1. The summed E-state index contributed by atoms with van der Waals surface area (Å²) in [6.45, 7) is 8.02. The van der Waals surface area contributed by atoms with Crippen LogP contribution in [0.25, 0.3) is 0 Å². The third-order valence-corrected chi connectivity index (χ3v) is 7.99. The van der Waals surface area contributed by atoms with Gasteiger partial charge in [-0.15, -0.1) is 0 Å². The number of aliphatic hydroxyl groups excluding tert-OH is 1. The van der Waals surface area contributed by atoms with E-state index in [4.69, 9.17) is 0 Å². The van der Waals surface area contributed by atoms with Crippen molar-refractivity contribution in [2.75, 3.05) is 19.6 Å². The molecule has 0 bridgehead atoms. The highest BCUT2D eigenvalue weighted by atomic mass is 16.5. The molecule has 1 aliphatic rings. The van der Waals surface area contributed by atoms with Gasteiger partial charge in [-0.25, -0.2) is 0 Å². The lowest BCUT2D eigenvalue weighted by atomic mass is 9.72. The van der Waals surface area contributed by atoms with Crippen LogP contribution in [-0.2, 0) is 11.0 Å². The minimum atomic E-state index is -1.11. The van der Waals surface area contributed by atoms with E-state index in [9.17, 15) is 15.4 Å². The van der Waals surface area contributed by atoms with Gasteiger partial charge in [-0.3, -0.25) is 0 Å². The van der Waals surface area contributed by atoms with Crippen LogP contribution in [0.2, 0.25) is 0 Å². The van der Waals surface area contributed by atoms with Gasteiger partial charge in [0.05, 0.1) is 25.7 Å². The van der Waals surface area contributed by atoms with E-state index in [0.717, 1.165) is 16.7 Å². The maximum Gasteiger partial charge on any atom is 0.118 e. The minimum Gasteiger partial charge on any atom is -0.633 e. The van der Waals surface area contributed by atoms with Gasteiger partial charge in [0.1, 0.15) is 5.60 Å². The molecule has 2 N–H and O–H groups in total. The fourth-order valence-corrected chi connectivity index (χ4v) is 5.65. The molecule has 4 nitrogen and oxygen atoms in total. The summed E-state index contributed by atoms with van der Waals surface area (Å²) in [7, 11) is 0. The van der Waals surface area contributed by atoms with Gasteiger partial charge in [-0.2, -0.15) is 0 Å². The monoisotopic (exact) mass is 487 g/mol. The molecule has 3 aromatic rings. The molecule has 0 aliphatic carbocycles. The van der Waals surface area contributed by atoms with Crippen molar-refractivity contribution < 1.29 is 14.9 Å². The Morgan fingerprint density at radius 2 is 1.31 bits per heavy atom. The van der Waals surface area contributed by atoms with E-state index in [-0.39, 0.29) is 16.0 Å². The van der Waals surface area contributed by atoms with Gasteiger partial charge in [-0.1, -0.05) is 106 Å². The molecule has 36 heavy (non-hydrogen) atoms. The number of hydrogen-bond donors (Lipinski definition) is 2. The molecule has 1 atom stereocenters. The van der Waals surface area contributed by atoms with Crippen molar-refractivity contribution in [3.8, 4) is 0 Å². The third kappa shape index (κ3) is 5.90. The fourth-order valence-electron chi connectivity index (χ4n) is 5.65. The van der Waals surface area contributed by atoms with E-state index in [1.165, 1.54) is 5.56 Å². The lowest BCUT2D eigenvalue weighted by Gasteiger charge is -2.50. The molecule has 0 spiro atoms. The molecule has 0 aromatic heterocycles. The molecule has 0 radical (unpaired) electrons. The summed E-state index contributed by atoms with van der Waals surface area (Å²) in [5.41, 5.74) is 2.90. The minimum absolute atomic E-state index is 0.0191. The number of nitrogens with zero attached hydrogens (tertiary/aromatic N) is 1. The topological polar surface area (TPSA) is 63.5 Å². The number of rotatable bonds is 8. The number of aliphatic hydroxyl groups is 2. The van der Waals surface area contributed by atoms with Crippen molar-refractivity contribution in [3.05, 3.63) is 112 Å². The Bertz CT molecular complexity index is 1040. The maximum atomic E-state index is 13.5. The lowest BCUT2D eigenvalue weighted by Crippen LogP contribution is -2.52. The van der Waals surface area contributed by atoms with E-state index in [0.29, 0.717) is 45.3 Å². The van der Waals surface area contributed by atoms with Crippen LogP contribution in [0, 0.1) is 11.1 Å². The Hall–Kier alpha value is -2.50. The largest absolute Gasteiger partial charge is 0.633 e. The molecule has 0 amide bonds. The standard InChI is InChI=1S/C32H41NO3/c1-31(2,3)26-18-16-25(17-19-26)30(34)15-10-22-33(36)23-20-29(21-24-33)32(35,27-11-6-4-7-12-27)28-13-8-5-9-14-28/h4-9,11-14,16-19,29-30,34-35H,10,15,20-24H2,1-3H3/t29?,30-,33?/m0/s1. The van der Waals surface area contributed by atoms with E-state index < -0.39 is 11.7 Å². The van der Waals surface area contributed by atoms with Crippen molar-refractivity contribution in [3.63, 3.8) is 0 Å². The van der Waals surface area contributed by atoms with Crippen LogP contribution in [-0.4, -0.2) is 34.5 Å². The van der Waals surface area contributed by atoms with E-state index in [2.05, 4.69) is 32.9 Å². The SMILES string of the molecule is CC(C)(C)c1ccc([C@@H](O)CCC[N+]2([O-])CCC(C(O)(c3ccccc3)c3ccccc3)CC2)cc1. The summed E-state index contributed by atoms with van der Waals surface area (Å²) >= 11 is 0. The van der Waals surface area contributed by atoms with Gasteiger partial charge in [0.25, 0.3) is 0 Å². The number of benzene rings is 3. The van der Waals surface area contributed by atoms with Crippen molar-refractivity contribution in [1.29, 1.82) is 0 Å². The van der Waals surface area contributed by atoms with Crippen LogP contribution < -0.4 is 0 Å². The second-order valence-electron chi connectivity index (χ2n) is 11.5. The van der Waals surface area contributed by atoms with Crippen LogP contribution in [0.5, 0.6) is 0 Å². The first-order valence-corrected chi connectivity index (χ1v) is 13.3. The molecule has 0 saturated carbocycles. The summed E-state index contributed by atoms with van der Waals surface area (Å²) in [4.78, 5) is 0. The normalized spacial score (nSPS) is 21.8. The fraction of sp³-hybridized carbons (Fsp3) is 0.438. The summed E-state index contributed by atoms with van der Waals surface area (Å²) < 4.78 is -0.244. The highest BCUT2D eigenvalue weighted by Gasteiger charge is 2.43. The molecule has 1 saturated heterocycles. The number of hydroxylamine groups is 3. The van der Waals surface area contributed by atoms with Crippen LogP contribution in [0.3, 0.4) is 0 Å². The molecule has 4 heteroatoms. The molecule has 1 heterocycles. The van der Waals surface area contributed by atoms with Crippen molar-refractivity contribution in [1.82, 2.24) is 0 Å². The smallest absolute Gasteiger partial charge is 0.118 e. The van der Waals surface area contributed by atoms with Gasteiger partial charge in [0.15, 0.2) is 0 Å². The summed E-state index contributed by atoms with van der Waals surface area (Å²) in [6.07, 6.45) is 2.04. The first-order chi connectivity index (χ1) is 17.1. The summed E-state index contributed by atoms with van der Waals surface area (Å²) in [5.74, 6) is -0.0191. The second kappa shape index (κ2) is 10.9. The Morgan fingerprint density at radius 1 is 0.806 bits per heavy atom. The number of likely N-dealkylation sites (tertiary alicyclic amines) is 1. The van der Waals surface area contributed by atoms with E-state index in [1.807, 2.05) is 72.8 Å². The lowest BCUT2D eigenvalue weighted by molar-refractivity contribution is -0.887.